The van der Waals surface area contributed by atoms with Crippen LogP contribution in [0.15, 0.2) is 95.6 Å². The summed E-state index contributed by atoms with van der Waals surface area (Å²) in [6.07, 6.45) is 1.53. The van der Waals surface area contributed by atoms with Crippen LogP contribution < -0.4 is 0 Å². The van der Waals surface area contributed by atoms with Crippen molar-refractivity contribution in [3.8, 4) is 22.5 Å². The molecule has 0 unspecified atom stereocenters. The van der Waals surface area contributed by atoms with Crippen LogP contribution in [-0.2, 0) is 25.5 Å². The first-order valence-corrected chi connectivity index (χ1v) is 13.4. The number of aromatic nitrogens is 3. The third-order valence-corrected chi connectivity index (χ3v) is 7.71. The SMILES string of the molecule is Cc1ccc(-c2[c-]cccc2)nc1.[2H]c1nc(-c2[c-]ccc3c2oc2ccc4nc(C(C)(C)C)sc4c23)c([2H])c([2H])c1[2H].[Ir]. The number of fused-ring (bicyclic) bond motifs is 5. The predicted octanol–water partition coefficient (Wildman–Crippen LogP) is 9.21. The molecule has 0 fully saturated rings. The minimum Gasteiger partial charge on any atom is -0.501 e. The molecule has 7 aromatic rings. The molecular formula is C34H27IrN3OS-2. The summed E-state index contributed by atoms with van der Waals surface area (Å²) < 4.78 is 39.1. The van der Waals surface area contributed by atoms with E-state index in [4.69, 9.17) is 14.9 Å². The Hall–Kier alpha value is -3.70. The first-order valence-electron chi connectivity index (χ1n) is 14.5. The molecule has 0 aliphatic heterocycles. The normalized spacial score (nSPS) is 12.7. The van der Waals surface area contributed by atoms with Crippen LogP contribution in [0.5, 0.6) is 0 Å². The van der Waals surface area contributed by atoms with Crippen molar-refractivity contribution in [3.63, 3.8) is 0 Å². The van der Waals surface area contributed by atoms with Crippen LogP contribution in [0.1, 0.15) is 36.8 Å². The van der Waals surface area contributed by atoms with Crippen LogP contribution in [0.3, 0.4) is 0 Å². The molecule has 40 heavy (non-hydrogen) atoms. The van der Waals surface area contributed by atoms with E-state index in [0.29, 0.717) is 16.7 Å². The maximum absolute atomic E-state index is 8.26. The maximum Gasteiger partial charge on any atom is 0.122 e. The summed E-state index contributed by atoms with van der Waals surface area (Å²) in [6.45, 7) is 8.44. The molecular weight excluding hydrogens is 691 g/mol. The van der Waals surface area contributed by atoms with Gasteiger partial charge in [-0.2, -0.15) is 0 Å². The number of hydrogen-bond acceptors (Lipinski definition) is 5. The van der Waals surface area contributed by atoms with Crippen molar-refractivity contribution >= 4 is 43.5 Å². The van der Waals surface area contributed by atoms with Crippen molar-refractivity contribution in [1.82, 2.24) is 15.0 Å². The Kier molecular flexibility index (Phi) is 6.58. The van der Waals surface area contributed by atoms with Gasteiger partial charge in [-0.25, -0.2) is 4.98 Å². The standard InChI is InChI=1S/C22H17N2OS.C12H10N.Ir/c1-22(2,3)21-24-16-10-11-17-18(20(16)26-21)14-8-6-7-13(19(14)25-17)15-9-4-5-12-23-15;1-10-7-8-12(13-9-10)11-5-3-2-4-6-11;/h4-6,8-12H,1-3H3;2-5,7-9H,1H3;/q2*-1;/i4D,5D,9D,12D;;. The molecule has 7 rings (SSSR count). The van der Waals surface area contributed by atoms with Crippen molar-refractivity contribution in [1.29, 1.82) is 0 Å². The van der Waals surface area contributed by atoms with Gasteiger partial charge in [0.15, 0.2) is 0 Å². The number of hydrogen-bond donors (Lipinski definition) is 0. The van der Waals surface area contributed by atoms with E-state index in [-0.39, 0.29) is 55.5 Å². The van der Waals surface area contributed by atoms with E-state index in [1.54, 1.807) is 17.4 Å². The van der Waals surface area contributed by atoms with Gasteiger partial charge in [-0.05, 0) is 42.1 Å². The summed E-state index contributed by atoms with van der Waals surface area (Å²) in [4.78, 5) is 13.2. The van der Waals surface area contributed by atoms with Crippen molar-refractivity contribution < 1.29 is 30.0 Å². The number of furan rings is 1. The van der Waals surface area contributed by atoms with Crippen LogP contribution in [0.2, 0.25) is 0 Å². The molecule has 0 N–H and O–H groups in total. The zero-order chi connectivity index (χ0) is 30.5. The summed E-state index contributed by atoms with van der Waals surface area (Å²) in [5.74, 6) is 0. The average molecular weight is 722 g/mol. The summed E-state index contributed by atoms with van der Waals surface area (Å²) in [7, 11) is 0. The molecule has 0 bridgehead atoms. The van der Waals surface area contributed by atoms with Gasteiger partial charge in [0.25, 0.3) is 0 Å². The Labute approximate surface area is 257 Å². The second-order valence-electron chi connectivity index (χ2n) is 10.2. The monoisotopic (exact) mass is 722 g/mol. The fourth-order valence-corrected chi connectivity index (χ4v) is 5.41. The smallest absolute Gasteiger partial charge is 0.122 e. The van der Waals surface area contributed by atoms with E-state index in [1.165, 1.54) is 5.56 Å². The topological polar surface area (TPSA) is 51.8 Å². The fraction of sp³-hybridized carbons (Fsp3) is 0.147. The first-order chi connectivity index (χ1) is 20.5. The van der Waals surface area contributed by atoms with E-state index >= 15 is 0 Å². The third kappa shape index (κ3) is 5.48. The summed E-state index contributed by atoms with van der Waals surface area (Å²) in [6, 6.07) is 24.7. The molecule has 4 nitrogen and oxygen atoms in total. The molecule has 0 spiro atoms. The molecule has 0 saturated heterocycles. The van der Waals surface area contributed by atoms with Crippen molar-refractivity contribution in [2.45, 2.75) is 33.1 Å². The van der Waals surface area contributed by atoms with E-state index < -0.39 is 0 Å². The molecule has 0 saturated carbocycles. The molecule has 4 heterocycles. The summed E-state index contributed by atoms with van der Waals surface area (Å²) in [5.41, 5.74) is 5.80. The first kappa shape index (κ1) is 23.0. The Bertz CT molecular complexity index is 2120. The maximum atomic E-state index is 8.26. The number of pyridine rings is 2. The van der Waals surface area contributed by atoms with Crippen LogP contribution in [0.25, 0.3) is 54.7 Å². The van der Waals surface area contributed by atoms with Gasteiger partial charge in [0.1, 0.15) is 5.58 Å². The predicted molar refractivity (Wildman–Crippen MR) is 161 cm³/mol. The number of thiazole rings is 1. The van der Waals surface area contributed by atoms with Crippen molar-refractivity contribution in [3.05, 3.63) is 114 Å². The Morgan fingerprint density at radius 1 is 0.925 bits per heavy atom. The largest absolute Gasteiger partial charge is 0.501 e. The van der Waals surface area contributed by atoms with Crippen molar-refractivity contribution in [2.24, 2.45) is 0 Å². The number of aryl methyl sites for hydroxylation is 1. The fourth-order valence-electron chi connectivity index (χ4n) is 4.24. The molecule has 0 aliphatic rings. The molecule has 0 atom stereocenters. The summed E-state index contributed by atoms with van der Waals surface area (Å²) in [5, 5.41) is 2.84. The second kappa shape index (κ2) is 11.4. The van der Waals surface area contributed by atoms with Gasteiger partial charge in [-0.1, -0.05) is 55.9 Å². The van der Waals surface area contributed by atoms with Gasteiger partial charge >= 0.3 is 0 Å². The Balaban J connectivity index is 0.000000230. The van der Waals surface area contributed by atoms with E-state index in [9.17, 15) is 0 Å². The van der Waals surface area contributed by atoms with Gasteiger partial charge in [-0.15, -0.1) is 65.4 Å². The van der Waals surface area contributed by atoms with Crippen LogP contribution in [0, 0.1) is 19.1 Å². The zero-order valence-corrected chi connectivity index (χ0v) is 25.6. The molecule has 1 radical (unpaired) electrons. The van der Waals surface area contributed by atoms with Gasteiger partial charge in [0, 0.05) is 43.3 Å². The third-order valence-electron chi connectivity index (χ3n) is 6.19. The van der Waals surface area contributed by atoms with E-state index in [2.05, 4.69) is 48.9 Å². The van der Waals surface area contributed by atoms with Crippen LogP contribution in [-0.4, -0.2) is 15.0 Å². The van der Waals surface area contributed by atoms with Crippen LogP contribution in [0.4, 0.5) is 0 Å². The van der Waals surface area contributed by atoms with Crippen molar-refractivity contribution in [2.75, 3.05) is 0 Å². The van der Waals surface area contributed by atoms with Gasteiger partial charge < -0.3 is 14.4 Å². The second-order valence-corrected chi connectivity index (χ2v) is 11.2. The number of rotatable bonds is 2. The minimum absolute atomic E-state index is 0. The summed E-state index contributed by atoms with van der Waals surface area (Å²) >= 11 is 1.65. The molecule has 0 aliphatic carbocycles. The molecule has 0 amide bonds. The minimum atomic E-state index is -0.360. The van der Waals surface area contributed by atoms with Gasteiger partial charge in [0.05, 0.1) is 26.3 Å². The Morgan fingerprint density at radius 2 is 1.80 bits per heavy atom. The molecule has 4 aromatic heterocycles. The van der Waals surface area contributed by atoms with Gasteiger partial charge in [0.2, 0.25) is 0 Å². The molecule has 6 heteroatoms. The zero-order valence-electron chi connectivity index (χ0n) is 26.3. The average Bonchev–Trinajstić information content (AvgIpc) is 3.61. The molecule has 201 valence electrons. The Morgan fingerprint density at radius 3 is 2.55 bits per heavy atom. The quantitative estimate of drug-likeness (QED) is 0.167. The van der Waals surface area contributed by atoms with E-state index in [1.807, 2.05) is 61.7 Å². The van der Waals surface area contributed by atoms with Gasteiger partial charge in [-0.3, -0.25) is 0 Å². The van der Waals surface area contributed by atoms with E-state index in [0.717, 1.165) is 37.3 Å². The molecule has 3 aromatic carbocycles. The van der Waals surface area contributed by atoms with Crippen LogP contribution >= 0.6 is 11.3 Å². The number of benzene rings is 3. The number of nitrogens with zero attached hydrogens (tertiary/aromatic N) is 3.